The van der Waals surface area contributed by atoms with E-state index >= 15 is 0 Å². The van der Waals surface area contributed by atoms with E-state index in [9.17, 15) is 24.0 Å². The number of carbonyl (C=O) groups is 6. The van der Waals surface area contributed by atoms with Crippen LogP contribution in [-0.4, -0.2) is 135 Å². The first-order valence-corrected chi connectivity index (χ1v) is 17.6. The van der Waals surface area contributed by atoms with Gasteiger partial charge in [0.15, 0.2) is 0 Å². The number of likely N-dealkylation sites (N-methyl/N-ethyl adjacent to an activating group) is 2. The summed E-state index contributed by atoms with van der Waals surface area (Å²) in [6, 6.07) is -3.41. The molecule has 300 valence electrons. The summed E-state index contributed by atoms with van der Waals surface area (Å²) < 4.78 is 11.8. The summed E-state index contributed by atoms with van der Waals surface area (Å²) in [6.45, 7) is 19.4. The van der Waals surface area contributed by atoms with Crippen molar-refractivity contribution in [3.05, 3.63) is 0 Å². The van der Waals surface area contributed by atoms with Crippen molar-refractivity contribution in [2.24, 2.45) is 16.6 Å². The van der Waals surface area contributed by atoms with E-state index in [1.165, 1.54) is 4.90 Å². The fourth-order valence-electron chi connectivity index (χ4n) is 5.75. The average molecular weight is 740 g/mol. The lowest BCUT2D eigenvalue weighted by molar-refractivity contribution is -0.143. The molecule has 0 aliphatic carbocycles. The second-order valence-corrected chi connectivity index (χ2v) is 15.3. The highest BCUT2D eigenvalue weighted by molar-refractivity contribution is 5.93. The van der Waals surface area contributed by atoms with E-state index in [0.717, 1.165) is 0 Å². The molecule has 5 amide bonds. The van der Waals surface area contributed by atoms with Crippen LogP contribution in [0.15, 0.2) is 0 Å². The van der Waals surface area contributed by atoms with Gasteiger partial charge in [-0.1, -0.05) is 53.4 Å². The van der Waals surface area contributed by atoms with Gasteiger partial charge in [-0.25, -0.2) is 0 Å². The molecule has 2 aliphatic rings. The highest BCUT2D eigenvalue weighted by Gasteiger charge is 2.45. The van der Waals surface area contributed by atoms with Crippen LogP contribution in [0.4, 0.5) is 0 Å². The summed E-state index contributed by atoms with van der Waals surface area (Å²) in [5.41, 5.74) is 4.54. The average Bonchev–Trinajstić information content (AvgIpc) is 3.68. The van der Waals surface area contributed by atoms with Crippen molar-refractivity contribution in [3.63, 3.8) is 0 Å². The number of carbonyl (C=O) groups excluding carboxylic acids is 6. The molecule has 2 heterocycles. The van der Waals surface area contributed by atoms with Gasteiger partial charge in [0, 0.05) is 31.3 Å². The molecule has 0 aromatic carbocycles. The standard InChI is InChI=1S/C36H59N7O7.CH2O.4H2/c1-22-18-25(20-42(22)33(47)28(35(4,5)6)40-31(45)23(2)38-10)49-16-14-12-13-15-17-50-26-19-27(30(37)44)43(21-26)34(48)29(36(7,8)9)41-32(46)24(3)39-11;1-2;;;;/h22-29,38-39H,16-21H2,1-11H3,(H2,37,44)(H,40,45)(H,41,46);1H2;4*1H/t22-,23+,24+,25+,26+,27+,28-,29-;;;;;/m1...../s1. The minimum atomic E-state index is -0.875. The molecule has 2 saturated heterocycles. The van der Waals surface area contributed by atoms with Crippen molar-refractivity contribution in [2.75, 3.05) is 40.4 Å². The summed E-state index contributed by atoms with van der Waals surface area (Å²) in [7, 11) is 3.35. The van der Waals surface area contributed by atoms with E-state index < -0.39 is 59.0 Å². The molecule has 2 fully saturated rings. The lowest BCUT2D eigenvalue weighted by Gasteiger charge is -2.35. The number of primary amides is 1. The number of nitrogens with one attached hydrogen (secondary N) is 4. The fourth-order valence-corrected chi connectivity index (χ4v) is 5.75. The van der Waals surface area contributed by atoms with E-state index in [2.05, 4.69) is 44.9 Å². The summed E-state index contributed by atoms with van der Waals surface area (Å²) in [4.78, 5) is 75.7. The number of ether oxygens (including phenoxy) is 2. The van der Waals surface area contributed by atoms with Crippen LogP contribution in [0.5, 0.6) is 0 Å². The van der Waals surface area contributed by atoms with Crippen molar-refractivity contribution < 1.29 is 43.9 Å². The minimum absolute atomic E-state index is 0. The molecular weight excluding hydrogens is 670 g/mol. The van der Waals surface area contributed by atoms with Crippen LogP contribution in [0.1, 0.15) is 80.9 Å². The van der Waals surface area contributed by atoms with E-state index in [1.54, 1.807) is 32.8 Å². The Labute approximate surface area is 315 Å². The van der Waals surface area contributed by atoms with Gasteiger partial charge in [-0.3, -0.25) is 24.0 Å². The van der Waals surface area contributed by atoms with E-state index in [0.29, 0.717) is 13.0 Å². The van der Waals surface area contributed by atoms with Gasteiger partial charge in [-0.2, -0.15) is 0 Å². The third-order valence-corrected chi connectivity index (χ3v) is 9.17. The Morgan fingerprint density at radius 3 is 1.54 bits per heavy atom. The Hall–Kier alpha value is -4.02. The van der Waals surface area contributed by atoms with Crippen molar-refractivity contribution in [3.8, 4) is 23.7 Å². The maximum atomic E-state index is 13.6. The Morgan fingerprint density at radius 2 is 1.15 bits per heavy atom. The molecule has 15 nitrogen and oxygen atoms in total. The predicted molar refractivity (Wildman–Crippen MR) is 206 cm³/mol. The van der Waals surface area contributed by atoms with Gasteiger partial charge in [-0.05, 0) is 64.0 Å². The summed E-state index contributed by atoms with van der Waals surface area (Å²) in [6.07, 6.45) is 0.200. The molecule has 0 unspecified atom stereocenters. The second kappa shape index (κ2) is 20.9. The SMILES string of the molecule is C=O.CN[C@@H](C)C(=O)N[C@H](C(=O)N1C[C@@H](OCC#CC#CCO[C@H]2C[C@@H](C(N)=O)N(C(=O)[C@@H](NC(=O)[C@H](C)NC)C(C)(C)C)C2)C[C@H]1C)C(C)(C)C.[HH].[HH].[HH].[HH]. The zero-order valence-corrected chi connectivity index (χ0v) is 32.8. The molecule has 0 radical (unpaired) electrons. The first kappa shape index (κ1) is 46.0. The number of hydrogen-bond acceptors (Lipinski definition) is 10. The molecule has 0 bridgehead atoms. The fraction of sp³-hybridized carbons (Fsp3) is 0.730. The Kier molecular flexibility index (Phi) is 18.5. The highest BCUT2D eigenvalue weighted by Crippen LogP contribution is 2.28. The van der Waals surface area contributed by atoms with Gasteiger partial charge in [-0.15, -0.1) is 0 Å². The monoisotopic (exact) mass is 740 g/mol. The minimum Gasteiger partial charge on any atom is -0.368 e. The molecule has 6 N–H and O–H groups in total. The van der Waals surface area contributed by atoms with Gasteiger partial charge in [0.2, 0.25) is 29.5 Å². The number of rotatable bonds is 13. The summed E-state index contributed by atoms with van der Waals surface area (Å²) in [5, 5.41) is 11.5. The largest absolute Gasteiger partial charge is 0.368 e. The zero-order valence-electron chi connectivity index (χ0n) is 32.8. The quantitative estimate of drug-likeness (QED) is 0.166. The molecule has 0 aromatic heterocycles. The molecular formula is C37H69N7O8. The predicted octanol–water partition coefficient (Wildman–Crippen LogP) is 0.547. The van der Waals surface area contributed by atoms with Crippen LogP contribution in [0, 0.1) is 34.5 Å². The number of hydrogen-bond donors (Lipinski definition) is 5. The van der Waals surface area contributed by atoms with E-state index in [-0.39, 0.29) is 61.8 Å². The molecule has 0 aromatic rings. The van der Waals surface area contributed by atoms with Crippen LogP contribution in [0.25, 0.3) is 0 Å². The van der Waals surface area contributed by atoms with Crippen LogP contribution < -0.4 is 27.0 Å². The lowest BCUT2D eigenvalue weighted by Crippen LogP contribution is -2.59. The van der Waals surface area contributed by atoms with Crippen LogP contribution >= 0.6 is 0 Å². The molecule has 52 heavy (non-hydrogen) atoms. The second-order valence-electron chi connectivity index (χ2n) is 15.3. The maximum absolute atomic E-state index is 13.6. The van der Waals surface area contributed by atoms with Crippen LogP contribution in [-0.2, 0) is 38.2 Å². The van der Waals surface area contributed by atoms with Crippen LogP contribution in [0.3, 0.4) is 0 Å². The summed E-state index contributed by atoms with van der Waals surface area (Å²) in [5.74, 6) is 9.42. The third kappa shape index (κ3) is 13.5. The number of amides is 5. The van der Waals surface area contributed by atoms with Crippen molar-refractivity contribution >= 4 is 36.3 Å². The molecule has 8 atom stereocenters. The first-order chi connectivity index (χ1) is 24.2. The maximum Gasteiger partial charge on any atom is 0.246 e. The molecule has 2 aliphatic heterocycles. The normalized spacial score (nSPS) is 22.2. The number of nitrogens with two attached hydrogens (primary N) is 1. The van der Waals surface area contributed by atoms with E-state index in [1.807, 2.05) is 55.3 Å². The molecule has 15 heteroatoms. The van der Waals surface area contributed by atoms with Crippen molar-refractivity contribution in [1.29, 1.82) is 0 Å². The molecule has 0 saturated carbocycles. The van der Waals surface area contributed by atoms with Gasteiger partial charge in [0.25, 0.3) is 0 Å². The van der Waals surface area contributed by atoms with E-state index in [4.69, 9.17) is 20.0 Å². The van der Waals surface area contributed by atoms with Crippen LogP contribution in [0.2, 0.25) is 0 Å². The van der Waals surface area contributed by atoms with Gasteiger partial charge in [0.1, 0.15) is 38.1 Å². The van der Waals surface area contributed by atoms with Crippen molar-refractivity contribution in [2.45, 2.75) is 124 Å². The Bertz CT molecular complexity index is 1390. The smallest absolute Gasteiger partial charge is 0.246 e. The van der Waals surface area contributed by atoms with Crippen molar-refractivity contribution in [1.82, 2.24) is 31.1 Å². The highest BCUT2D eigenvalue weighted by atomic mass is 16.5. The molecule has 0 spiro atoms. The zero-order chi connectivity index (χ0) is 40.0. The van der Waals surface area contributed by atoms with Gasteiger partial charge >= 0.3 is 0 Å². The topological polar surface area (TPSA) is 202 Å². The molecule has 2 rings (SSSR count). The Morgan fingerprint density at radius 1 is 0.769 bits per heavy atom. The number of likely N-dealkylation sites (tertiary alicyclic amines) is 2. The Balaban J connectivity index is -0.00000221. The summed E-state index contributed by atoms with van der Waals surface area (Å²) >= 11 is 0. The first-order valence-electron chi connectivity index (χ1n) is 17.6. The van der Waals surface area contributed by atoms with Gasteiger partial charge in [0.05, 0.1) is 24.3 Å². The number of nitrogens with zero attached hydrogens (tertiary/aromatic N) is 2. The van der Waals surface area contributed by atoms with Gasteiger partial charge < -0.3 is 51.1 Å². The lowest BCUT2D eigenvalue weighted by atomic mass is 9.85. The third-order valence-electron chi connectivity index (χ3n) is 9.17.